The molecule has 1 aliphatic rings. The first-order chi connectivity index (χ1) is 13.6. The lowest BCUT2D eigenvalue weighted by molar-refractivity contribution is -0.121. The summed E-state index contributed by atoms with van der Waals surface area (Å²) in [6, 6.07) is 17.4. The van der Waals surface area contributed by atoms with Gasteiger partial charge in [-0.05, 0) is 43.0 Å². The van der Waals surface area contributed by atoms with Crippen LogP contribution in [0.3, 0.4) is 0 Å². The molecule has 1 amide bonds. The Morgan fingerprint density at radius 2 is 1.89 bits per heavy atom. The highest BCUT2D eigenvalue weighted by Gasteiger charge is 2.31. The van der Waals surface area contributed by atoms with Crippen molar-refractivity contribution in [1.82, 2.24) is 15.1 Å². The second-order valence-electron chi connectivity index (χ2n) is 7.21. The number of nitrogens with two attached hydrogens (primary N) is 1. The van der Waals surface area contributed by atoms with Crippen LogP contribution in [0.5, 0.6) is 0 Å². The molecular formula is C22H23ClN4O. The molecule has 1 saturated carbocycles. The Morgan fingerprint density at radius 1 is 1.18 bits per heavy atom. The topological polar surface area (TPSA) is 72.9 Å². The number of rotatable bonds is 7. The maximum absolute atomic E-state index is 12.7. The number of hydrogen-bond acceptors (Lipinski definition) is 3. The van der Waals surface area contributed by atoms with Gasteiger partial charge in [0.2, 0.25) is 5.91 Å². The largest absolute Gasteiger partial charge is 0.352 e. The zero-order valence-corrected chi connectivity index (χ0v) is 16.3. The number of para-hydroxylation sites is 1. The Hall–Kier alpha value is -2.63. The van der Waals surface area contributed by atoms with Crippen LogP contribution in [-0.2, 0) is 11.2 Å². The standard InChI is InChI=1S/C22H23ClN4O/c23-18-10-8-16(9-11-18)22-17(12-21(28)25-20(13-24)15-6-7-15)14-27(26-22)19-4-2-1-3-5-19/h1-5,8-11,14-15,20H,6-7,12-13,24H2,(H,25,28). The number of hydrogen-bond donors (Lipinski definition) is 2. The van der Waals surface area contributed by atoms with Gasteiger partial charge >= 0.3 is 0 Å². The van der Waals surface area contributed by atoms with Crippen molar-refractivity contribution in [1.29, 1.82) is 0 Å². The highest BCUT2D eigenvalue weighted by Crippen LogP contribution is 2.32. The molecule has 0 saturated heterocycles. The molecule has 1 fully saturated rings. The Kier molecular flexibility index (Phi) is 5.46. The fraction of sp³-hybridized carbons (Fsp3) is 0.273. The second-order valence-corrected chi connectivity index (χ2v) is 7.65. The normalized spacial score (nSPS) is 14.6. The SMILES string of the molecule is NCC(NC(=O)Cc1cn(-c2ccccc2)nc1-c1ccc(Cl)cc1)C1CC1. The fourth-order valence-corrected chi connectivity index (χ4v) is 3.53. The van der Waals surface area contributed by atoms with Crippen LogP contribution in [0.1, 0.15) is 18.4 Å². The molecule has 0 radical (unpaired) electrons. The first-order valence-electron chi connectivity index (χ1n) is 9.53. The molecule has 1 aromatic heterocycles. The summed E-state index contributed by atoms with van der Waals surface area (Å²) >= 11 is 6.03. The van der Waals surface area contributed by atoms with E-state index in [0.29, 0.717) is 17.5 Å². The maximum atomic E-state index is 12.7. The van der Waals surface area contributed by atoms with E-state index in [1.165, 1.54) is 0 Å². The monoisotopic (exact) mass is 394 g/mol. The zero-order chi connectivity index (χ0) is 19.5. The summed E-state index contributed by atoms with van der Waals surface area (Å²) in [5.41, 5.74) is 9.36. The van der Waals surface area contributed by atoms with Gasteiger partial charge in [0.1, 0.15) is 0 Å². The number of halogens is 1. The minimum Gasteiger partial charge on any atom is -0.352 e. The summed E-state index contributed by atoms with van der Waals surface area (Å²) in [6.07, 6.45) is 4.47. The molecule has 0 aliphatic heterocycles. The third-order valence-corrected chi connectivity index (χ3v) is 5.32. The number of carbonyl (C=O) groups is 1. The summed E-state index contributed by atoms with van der Waals surface area (Å²) in [6.45, 7) is 0.476. The minimum absolute atomic E-state index is 0.0230. The van der Waals surface area contributed by atoms with Crippen molar-refractivity contribution < 1.29 is 4.79 Å². The molecule has 3 aromatic rings. The van der Waals surface area contributed by atoms with Gasteiger partial charge in [0.15, 0.2) is 0 Å². The van der Waals surface area contributed by atoms with Gasteiger partial charge in [-0.25, -0.2) is 4.68 Å². The molecule has 1 heterocycles. The Bertz CT molecular complexity index is 948. The first-order valence-corrected chi connectivity index (χ1v) is 9.91. The van der Waals surface area contributed by atoms with Crippen molar-refractivity contribution in [3.8, 4) is 16.9 Å². The van der Waals surface area contributed by atoms with Crippen LogP contribution in [-0.4, -0.2) is 28.3 Å². The Labute approximate surface area is 169 Å². The molecule has 2 aromatic carbocycles. The van der Waals surface area contributed by atoms with E-state index in [1.54, 1.807) is 0 Å². The van der Waals surface area contributed by atoms with Gasteiger partial charge in [0.25, 0.3) is 0 Å². The van der Waals surface area contributed by atoms with E-state index in [1.807, 2.05) is 65.5 Å². The van der Waals surface area contributed by atoms with Gasteiger partial charge in [-0.2, -0.15) is 5.10 Å². The number of amides is 1. The lowest BCUT2D eigenvalue weighted by Gasteiger charge is -2.15. The van der Waals surface area contributed by atoms with Gasteiger partial charge in [0, 0.05) is 34.9 Å². The van der Waals surface area contributed by atoms with Crippen LogP contribution >= 0.6 is 11.6 Å². The number of carbonyl (C=O) groups excluding carboxylic acids is 1. The van der Waals surface area contributed by atoms with E-state index in [-0.39, 0.29) is 18.4 Å². The third-order valence-electron chi connectivity index (χ3n) is 5.07. The summed E-state index contributed by atoms with van der Waals surface area (Å²) < 4.78 is 1.81. The van der Waals surface area contributed by atoms with Gasteiger partial charge in [0.05, 0.1) is 17.8 Å². The Balaban J connectivity index is 1.63. The predicted molar refractivity (Wildman–Crippen MR) is 111 cm³/mol. The van der Waals surface area contributed by atoms with Gasteiger partial charge in [-0.1, -0.05) is 41.9 Å². The average molecular weight is 395 g/mol. The van der Waals surface area contributed by atoms with Crippen molar-refractivity contribution in [2.24, 2.45) is 11.7 Å². The van der Waals surface area contributed by atoms with E-state index in [0.717, 1.165) is 35.3 Å². The molecule has 6 heteroatoms. The molecule has 28 heavy (non-hydrogen) atoms. The molecule has 4 rings (SSSR count). The van der Waals surface area contributed by atoms with Gasteiger partial charge in [-0.15, -0.1) is 0 Å². The molecule has 0 bridgehead atoms. The molecule has 0 spiro atoms. The second kappa shape index (κ2) is 8.17. The molecule has 1 aliphatic carbocycles. The van der Waals surface area contributed by atoms with E-state index < -0.39 is 0 Å². The van der Waals surface area contributed by atoms with Gasteiger partial charge < -0.3 is 11.1 Å². The van der Waals surface area contributed by atoms with Crippen LogP contribution in [0, 0.1) is 5.92 Å². The van der Waals surface area contributed by atoms with E-state index in [2.05, 4.69) is 5.32 Å². The summed E-state index contributed by atoms with van der Waals surface area (Å²) in [7, 11) is 0. The van der Waals surface area contributed by atoms with Crippen molar-refractivity contribution in [2.45, 2.75) is 25.3 Å². The van der Waals surface area contributed by atoms with Crippen LogP contribution in [0.25, 0.3) is 16.9 Å². The number of aromatic nitrogens is 2. The molecule has 1 unspecified atom stereocenters. The maximum Gasteiger partial charge on any atom is 0.224 e. The van der Waals surface area contributed by atoms with E-state index >= 15 is 0 Å². The molecule has 3 N–H and O–H groups in total. The van der Waals surface area contributed by atoms with Gasteiger partial charge in [-0.3, -0.25) is 4.79 Å². The predicted octanol–water partition coefficient (Wildman–Crippen LogP) is 3.59. The average Bonchev–Trinajstić information content (AvgIpc) is 3.48. The van der Waals surface area contributed by atoms with E-state index in [4.69, 9.17) is 22.4 Å². The van der Waals surface area contributed by atoms with Crippen molar-refractivity contribution >= 4 is 17.5 Å². The zero-order valence-electron chi connectivity index (χ0n) is 15.5. The number of nitrogens with zero attached hydrogens (tertiary/aromatic N) is 2. The summed E-state index contributed by atoms with van der Waals surface area (Å²) in [5, 5.41) is 8.51. The lowest BCUT2D eigenvalue weighted by atomic mass is 10.1. The first kappa shape index (κ1) is 18.7. The number of nitrogens with one attached hydrogen (secondary N) is 1. The highest BCUT2D eigenvalue weighted by atomic mass is 35.5. The van der Waals surface area contributed by atoms with Crippen LogP contribution in [0.4, 0.5) is 0 Å². The van der Waals surface area contributed by atoms with Crippen molar-refractivity contribution in [3.05, 3.63) is 71.4 Å². The summed E-state index contributed by atoms with van der Waals surface area (Å²) in [4.78, 5) is 12.7. The number of benzene rings is 2. The lowest BCUT2D eigenvalue weighted by Crippen LogP contribution is -2.42. The third kappa shape index (κ3) is 4.26. The quantitative estimate of drug-likeness (QED) is 0.643. The van der Waals surface area contributed by atoms with Crippen molar-refractivity contribution in [3.63, 3.8) is 0 Å². The minimum atomic E-state index is -0.0230. The summed E-state index contributed by atoms with van der Waals surface area (Å²) in [5.74, 6) is 0.502. The Morgan fingerprint density at radius 3 is 2.54 bits per heavy atom. The van der Waals surface area contributed by atoms with Crippen LogP contribution in [0.2, 0.25) is 5.02 Å². The molecule has 144 valence electrons. The fourth-order valence-electron chi connectivity index (χ4n) is 3.40. The smallest absolute Gasteiger partial charge is 0.224 e. The van der Waals surface area contributed by atoms with E-state index in [9.17, 15) is 4.79 Å². The van der Waals surface area contributed by atoms with Crippen LogP contribution < -0.4 is 11.1 Å². The highest BCUT2D eigenvalue weighted by molar-refractivity contribution is 6.30. The van der Waals surface area contributed by atoms with Crippen LogP contribution in [0.15, 0.2) is 60.8 Å². The molecule has 5 nitrogen and oxygen atoms in total. The van der Waals surface area contributed by atoms with Crippen molar-refractivity contribution in [2.75, 3.05) is 6.54 Å². The molecular weight excluding hydrogens is 372 g/mol. The molecule has 1 atom stereocenters.